The molecule has 0 aliphatic carbocycles. The van der Waals surface area contributed by atoms with Crippen molar-refractivity contribution in [3.05, 3.63) is 59.1 Å². The second kappa shape index (κ2) is 7.42. The number of halogens is 4. The van der Waals surface area contributed by atoms with E-state index in [2.05, 4.69) is 5.32 Å². The molecule has 5 nitrogen and oxygen atoms in total. The number of sulfonamides is 1. The molecule has 0 fully saturated rings. The van der Waals surface area contributed by atoms with Gasteiger partial charge in [0.15, 0.2) is 0 Å². The van der Waals surface area contributed by atoms with Crippen LogP contribution in [-0.4, -0.2) is 20.9 Å². The summed E-state index contributed by atoms with van der Waals surface area (Å²) in [6.07, 6.45) is -4.55. The topological polar surface area (TPSA) is 75.3 Å². The number of anilines is 1. The lowest BCUT2D eigenvalue weighted by molar-refractivity contribution is -0.137. The number of benzene rings is 2. The molecule has 0 atom stereocenters. The molecule has 2 aromatic carbocycles. The summed E-state index contributed by atoms with van der Waals surface area (Å²) in [5.74, 6) is -0.815. The van der Waals surface area contributed by atoms with Gasteiger partial charge in [0.05, 0.1) is 17.0 Å². The zero-order valence-corrected chi connectivity index (χ0v) is 14.0. The van der Waals surface area contributed by atoms with Crippen molar-refractivity contribution in [3.8, 4) is 0 Å². The molecule has 0 aliphatic heterocycles. The third kappa shape index (κ3) is 5.45. The van der Waals surface area contributed by atoms with E-state index in [1.165, 1.54) is 30.3 Å². The van der Waals surface area contributed by atoms with Crippen molar-refractivity contribution in [2.45, 2.75) is 11.1 Å². The van der Waals surface area contributed by atoms with Crippen LogP contribution in [0.15, 0.2) is 53.4 Å². The summed E-state index contributed by atoms with van der Waals surface area (Å²) in [6.45, 7) is -0.648. The second-order valence-corrected chi connectivity index (χ2v) is 7.11. The average molecular weight is 393 g/mol. The van der Waals surface area contributed by atoms with E-state index in [1.807, 2.05) is 4.72 Å². The van der Waals surface area contributed by atoms with Crippen molar-refractivity contribution in [2.24, 2.45) is 0 Å². The Morgan fingerprint density at radius 1 is 1.08 bits per heavy atom. The summed E-state index contributed by atoms with van der Waals surface area (Å²) in [5.41, 5.74) is -1.02. The van der Waals surface area contributed by atoms with Crippen LogP contribution in [0.1, 0.15) is 5.56 Å². The molecule has 25 heavy (non-hydrogen) atoms. The highest BCUT2D eigenvalue weighted by Gasteiger charge is 2.30. The summed E-state index contributed by atoms with van der Waals surface area (Å²) >= 11 is 5.71. The van der Waals surface area contributed by atoms with Gasteiger partial charge >= 0.3 is 6.18 Å². The van der Waals surface area contributed by atoms with Crippen LogP contribution in [0.25, 0.3) is 0 Å². The van der Waals surface area contributed by atoms with Gasteiger partial charge in [-0.1, -0.05) is 23.7 Å². The van der Waals surface area contributed by atoms with Crippen molar-refractivity contribution in [2.75, 3.05) is 11.9 Å². The maximum Gasteiger partial charge on any atom is 0.416 e. The second-order valence-electron chi connectivity index (χ2n) is 4.91. The molecule has 0 aliphatic rings. The zero-order valence-electron chi connectivity index (χ0n) is 12.5. The van der Waals surface area contributed by atoms with Gasteiger partial charge < -0.3 is 5.32 Å². The van der Waals surface area contributed by atoms with Crippen LogP contribution in [0.5, 0.6) is 0 Å². The molecule has 2 aromatic rings. The van der Waals surface area contributed by atoms with E-state index in [0.29, 0.717) is 0 Å². The van der Waals surface area contributed by atoms with Crippen molar-refractivity contribution < 1.29 is 26.4 Å². The Labute approximate surface area is 146 Å². The van der Waals surface area contributed by atoms with Gasteiger partial charge in [-0.3, -0.25) is 4.79 Å². The molecule has 2 rings (SSSR count). The molecule has 0 radical (unpaired) electrons. The van der Waals surface area contributed by atoms with Gasteiger partial charge in [0, 0.05) is 10.7 Å². The lowest BCUT2D eigenvalue weighted by Gasteiger charge is -2.10. The summed E-state index contributed by atoms with van der Waals surface area (Å²) < 4.78 is 63.9. The smallest absolute Gasteiger partial charge is 0.325 e. The summed E-state index contributed by atoms with van der Waals surface area (Å²) in [7, 11) is -3.98. The van der Waals surface area contributed by atoms with Gasteiger partial charge in [0.25, 0.3) is 0 Å². The lowest BCUT2D eigenvalue weighted by Crippen LogP contribution is -2.32. The van der Waals surface area contributed by atoms with Gasteiger partial charge in [0.2, 0.25) is 15.9 Å². The zero-order chi connectivity index (χ0) is 18.7. The molecule has 0 unspecified atom stereocenters. The number of amides is 1. The van der Waals surface area contributed by atoms with Crippen molar-refractivity contribution in [1.29, 1.82) is 0 Å². The predicted octanol–water partition coefficient (Wildman–Crippen LogP) is 3.28. The van der Waals surface area contributed by atoms with Crippen molar-refractivity contribution >= 4 is 33.2 Å². The molecule has 0 heterocycles. The SMILES string of the molecule is O=C(CNS(=O)(=O)c1cccc(Cl)c1)Nc1cccc(C(F)(F)F)c1. The number of rotatable bonds is 5. The van der Waals surface area contributed by atoms with E-state index in [-0.39, 0.29) is 15.6 Å². The third-order valence-electron chi connectivity index (χ3n) is 3.00. The minimum absolute atomic E-state index is 0.0956. The number of hydrogen-bond acceptors (Lipinski definition) is 3. The first kappa shape index (κ1) is 19.2. The van der Waals surface area contributed by atoms with Crippen molar-refractivity contribution in [3.63, 3.8) is 0 Å². The van der Waals surface area contributed by atoms with E-state index in [4.69, 9.17) is 11.6 Å². The molecule has 2 N–H and O–H groups in total. The summed E-state index contributed by atoms with van der Waals surface area (Å²) in [5, 5.41) is 2.40. The van der Waals surface area contributed by atoms with E-state index in [0.717, 1.165) is 18.2 Å². The average Bonchev–Trinajstić information content (AvgIpc) is 2.52. The standard InChI is InChI=1S/C15H12ClF3N2O3S/c16-11-4-2-6-13(8-11)25(23,24)20-9-14(22)21-12-5-1-3-10(7-12)15(17,18)19/h1-8,20H,9H2,(H,21,22). The van der Waals surface area contributed by atoms with Crippen LogP contribution in [0, 0.1) is 0 Å². The third-order valence-corrected chi connectivity index (χ3v) is 4.64. The number of nitrogens with one attached hydrogen (secondary N) is 2. The molecule has 10 heteroatoms. The molecular formula is C15H12ClF3N2O3S. The fourth-order valence-electron chi connectivity index (χ4n) is 1.86. The van der Waals surface area contributed by atoms with Gasteiger partial charge in [-0.25, -0.2) is 13.1 Å². The summed E-state index contributed by atoms with van der Waals surface area (Å²) in [6, 6.07) is 9.42. The van der Waals surface area contributed by atoms with E-state index in [9.17, 15) is 26.4 Å². The Morgan fingerprint density at radius 3 is 2.40 bits per heavy atom. The minimum Gasteiger partial charge on any atom is -0.325 e. The summed E-state index contributed by atoms with van der Waals surface area (Å²) in [4.78, 5) is 11.6. The fraction of sp³-hybridized carbons (Fsp3) is 0.133. The Bertz CT molecular complexity index is 886. The van der Waals surface area contributed by atoms with Crippen LogP contribution in [0.4, 0.5) is 18.9 Å². The van der Waals surface area contributed by atoms with Crippen LogP contribution >= 0.6 is 11.6 Å². The van der Waals surface area contributed by atoms with Crippen LogP contribution in [0.2, 0.25) is 5.02 Å². The molecular weight excluding hydrogens is 381 g/mol. The molecule has 1 amide bonds. The van der Waals surface area contributed by atoms with Gasteiger partial charge in [-0.2, -0.15) is 13.2 Å². The van der Waals surface area contributed by atoms with E-state index >= 15 is 0 Å². The molecule has 0 aromatic heterocycles. The van der Waals surface area contributed by atoms with Crippen LogP contribution in [0.3, 0.4) is 0 Å². The monoisotopic (exact) mass is 392 g/mol. The van der Waals surface area contributed by atoms with E-state index < -0.39 is 34.2 Å². The number of carbonyl (C=O) groups excluding carboxylic acids is 1. The maximum atomic E-state index is 12.6. The minimum atomic E-state index is -4.55. The highest BCUT2D eigenvalue weighted by molar-refractivity contribution is 7.89. The highest BCUT2D eigenvalue weighted by atomic mass is 35.5. The Kier molecular flexibility index (Phi) is 5.71. The van der Waals surface area contributed by atoms with Gasteiger partial charge in [0.1, 0.15) is 0 Å². The van der Waals surface area contributed by atoms with Crippen molar-refractivity contribution in [1.82, 2.24) is 4.72 Å². The number of carbonyl (C=O) groups is 1. The first-order chi connectivity index (χ1) is 11.6. The highest BCUT2D eigenvalue weighted by Crippen LogP contribution is 2.30. The first-order valence-corrected chi connectivity index (χ1v) is 8.66. The Balaban J connectivity index is 2.01. The Hall–Kier alpha value is -2.10. The normalized spacial score (nSPS) is 12.0. The number of alkyl halides is 3. The van der Waals surface area contributed by atoms with Gasteiger partial charge in [-0.15, -0.1) is 0 Å². The number of hydrogen-bond donors (Lipinski definition) is 2. The molecule has 0 bridgehead atoms. The molecule has 134 valence electrons. The quantitative estimate of drug-likeness (QED) is 0.820. The predicted molar refractivity (Wildman–Crippen MR) is 86.7 cm³/mol. The van der Waals surface area contributed by atoms with E-state index in [1.54, 1.807) is 0 Å². The molecule has 0 spiro atoms. The van der Waals surface area contributed by atoms with Crippen LogP contribution in [-0.2, 0) is 21.0 Å². The fourth-order valence-corrected chi connectivity index (χ4v) is 3.14. The van der Waals surface area contributed by atoms with Crippen LogP contribution < -0.4 is 10.0 Å². The molecule has 0 saturated heterocycles. The Morgan fingerprint density at radius 2 is 1.76 bits per heavy atom. The first-order valence-electron chi connectivity index (χ1n) is 6.80. The maximum absolute atomic E-state index is 12.6. The largest absolute Gasteiger partial charge is 0.416 e. The lowest BCUT2D eigenvalue weighted by atomic mass is 10.2. The van der Waals surface area contributed by atoms with Gasteiger partial charge in [-0.05, 0) is 36.4 Å². The molecule has 0 saturated carbocycles.